The molecule has 0 saturated heterocycles. The van der Waals surface area contributed by atoms with Gasteiger partial charge in [-0.3, -0.25) is 24.3 Å². The van der Waals surface area contributed by atoms with Gasteiger partial charge in [-0.05, 0) is 29.8 Å². The van der Waals surface area contributed by atoms with Crippen LogP contribution in [0.25, 0.3) is 0 Å². The molecule has 0 bridgehead atoms. The number of amides is 1. The smallest absolute Gasteiger partial charge is 0.307 e. The Morgan fingerprint density at radius 2 is 2.14 bits per heavy atom. The summed E-state index contributed by atoms with van der Waals surface area (Å²) in [7, 11) is 0. The molecular weight excluding hydrogens is 356 g/mol. The van der Waals surface area contributed by atoms with Gasteiger partial charge in [0.1, 0.15) is 17.9 Å². The summed E-state index contributed by atoms with van der Waals surface area (Å²) < 4.78 is 3.84. The Kier molecular flexibility index (Phi) is 4.59. The number of carbonyl (C=O) groups excluding carboxylic acids is 1. The summed E-state index contributed by atoms with van der Waals surface area (Å²) in [6.07, 6.45) is 5.82. The van der Waals surface area contributed by atoms with Gasteiger partial charge in [0.05, 0.1) is 22.1 Å². The quantitative estimate of drug-likeness (QED) is 0.608. The molecule has 118 valence electrons. The first kappa shape index (κ1) is 16.1. The highest BCUT2D eigenvalue weighted by molar-refractivity contribution is 9.10. The summed E-state index contributed by atoms with van der Waals surface area (Å²) in [6.45, 7) is 4.19. The Bertz CT molecular complexity index is 693. The molecule has 0 atom stereocenters. The molecule has 1 amide bonds. The molecule has 0 saturated carbocycles. The van der Waals surface area contributed by atoms with E-state index in [4.69, 9.17) is 0 Å². The number of nitrogens with zero attached hydrogens (tertiary/aromatic N) is 5. The monoisotopic (exact) mass is 370 g/mol. The fraction of sp³-hybridized carbons (Fsp3) is 0.417. The minimum absolute atomic E-state index is 0.151. The molecule has 2 aromatic heterocycles. The second-order valence-electron chi connectivity index (χ2n) is 5.14. The Labute approximate surface area is 134 Å². The van der Waals surface area contributed by atoms with E-state index in [1.165, 1.54) is 10.9 Å². The zero-order valence-electron chi connectivity index (χ0n) is 12.1. The second kappa shape index (κ2) is 6.26. The molecule has 9 nitrogen and oxygen atoms in total. The van der Waals surface area contributed by atoms with Crippen molar-refractivity contribution in [1.82, 2.24) is 24.9 Å². The average molecular weight is 371 g/mol. The molecule has 1 N–H and O–H groups in total. The lowest BCUT2D eigenvalue weighted by Gasteiger charge is -2.23. The van der Waals surface area contributed by atoms with Crippen LogP contribution in [0, 0.1) is 10.1 Å². The van der Waals surface area contributed by atoms with Crippen molar-refractivity contribution in [3.05, 3.63) is 39.4 Å². The molecule has 0 unspecified atom stereocenters. The van der Waals surface area contributed by atoms with Crippen molar-refractivity contribution in [2.24, 2.45) is 0 Å². The van der Waals surface area contributed by atoms with Crippen molar-refractivity contribution in [3.63, 3.8) is 0 Å². The topological polar surface area (TPSA) is 108 Å². The number of carbonyl (C=O) groups is 1. The molecule has 0 spiro atoms. The second-order valence-corrected chi connectivity index (χ2v) is 6.05. The Morgan fingerprint density at radius 3 is 2.68 bits per heavy atom. The van der Waals surface area contributed by atoms with Gasteiger partial charge in [0, 0.05) is 12.7 Å². The summed E-state index contributed by atoms with van der Waals surface area (Å²) in [6, 6.07) is 0. The molecule has 2 heterocycles. The van der Waals surface area contributed by atoms with E-state index in [0.29, 0.717) is 13.1 Å². The van der Waals surface area contributed by atoms with Gasteiger partial charge >= 0.3 is 5.69 Å². The summed E-state index contributed by atoms with van der Waals surface area (Å²) in [4.78, 5) is 22.4. The summed E-state index contributed by atoms with van der Waals surface area (Å²) in [5, 5.41) is 21.4. The molecule has 10 heteroatoms. The molecule has 22 heavy (non-hydrogen) atoms. The van der Waals surface area contributed by atoms with E-state index in [2.05, 4.69) is 31.4 Å². The number of nitro groups is 1. The van der Waals surface area contributed by atoms with Crippen LogP contribution in [0.5, 0.6) is 0 Å². The van der Waals surface area contributed by atoms with E-state index < -0.39 is 10.5 Å². The highest BCUT2D eigenvalue weighted by atomic mass is 79.9. The Morgan fingerprint density at radius 1 is 1.41 bits per heavy atom. The normalized spacial score (nSPS) is 11.4. The van der Waals surface area contributed by atoms with E-state index in [0.717, 1.165) is 10.7 Å². The van der Waals surface area contributed by atoms with E-state index in [9.17, 15) is 14.9 Å². The fourth-order valence-electron chi connectivity index (χ4n) is 1.78. The van der Waals surface area contributed by atoms with Crippen LogP contribution in [0.15, 0.2) is 29.3 Å². The number of hydrogen-bond donors (Lipinski definition) is 1. The standard InChI is InChI=1S/C12H15BrN6O3/c1-12(2,18-8-10(6-16-18)19(21)22)11(20)14-3-4-17-7-9(13)5-15-17/h5-8H,3-4H2,1-2H3,(H,14,20). The molecule has 0 aliphatic heterocycles. The van der Waals surface area contributed by atoms with Crippen LogP contribution in [0.1, 0.15) is 13.8 Å². The lowest BCUT2D eigenvalue weighted by Crippen LogP contribution is -2.45. The molecule has 2 rings (SSSR count). The highest BCUT2D eigenvalue weighted by Gasteiger charge is 2.31. The predicted molar refractivity (Wildman–Crippen MR) is 81.1 cm³/mol. The zero-order valence-corrected chi connectivity index (χ0v) is 13.6. The van der Waals surface area contributed by atoms with Gasteiger partial charge in [-0.2, -0.15) is 10.2 Å². The number of rotatable bonds is 6. The summed E-state index contributed by atoms with van der Waals surface area (Å²) >= 11 is 3.29. The first-order valence-electron chi connectivity index (χ1n) is 6.46. The lowest BCUT2D eigenvalue weighted by molar-refractivity contribution is -0.385. The zero-order chi connectivity index (χ0) is 16.3. The van der Waals surface area contributed by atoms with Crippen LogP contribution >= 0.6 is 15.9 Å². The first-order valence-corrected chi connectivity index (χ1v) is 7.26. The highest BCUT2D eigenvalue weighted by Crippen LogP contribution is 2.18. The summed E-state index contributed by atoms with van der Waals surface area (Å²) in [5.74, 6) is -0.281. The third kappa shape index (κ3) is 3.50. The first-order chi connectivity index (χ1) is 10.3. The van der Waals surface area contributed by atoms with Gasteiger partial charge in [0.2, 0.25) is 5.91 Å². The van der Waals surface area contributed by atoms with Crippen molar-refractivity contribution >= 4 is 27.5 Å². The maximum Gasteiger partial charge on any atom is 0.307 e. The van der Waals surface area contributed by atoms with Crippen LogP contribution in [0.2, 0.25) is 0 Å². The van der Waals surface area contributed by atoms with E-state index in [-0.39, 0.29) is 11.6 Å². The van der Waals surface area contributed by atoms with E-state index >= 15 is 0 Å². The molecule has 0 fully saturated rings. The summed E-state index contributed by atoms with van der Waals surface area (Å²) in [5.41, 5.74) is -1.18. The molecule has 2 aromatic rings. The van der Waals surface area contributed by atoms with Gasteiger partial charge < -0.3 is 5.32 Å². The maximum absolute atomic E-state index is 12.3. The van der Waals surface area contributed by atoms with Crippen molar-refractivity contribution in [1.29, 1.82) is 0 Å². The molecular formula is C12H15BrN6O3. The van der Waals surface area contributed by atoms with Crippen LogP contribution < -0.4 is 5.32 Å². The largest absolute Gasteiger partial charge is 0.352 e. The van der Waals surface area contributed by atoms with E-state index in [1.54, 1.807) is 30.9 Å². The maximum atomic E-state index is 12.3. The third-order valence-electron chi connectivity index (χ3n) is 3.14. The van der Waals surface area contributed by atoms with Crippen molar-refractivity contribution in [2.45, 2.75) is 25.9 Å². The number of halogens is 1. The van der Waals surface area contributed by atoms with E-state index in [1.807, 2.05) is 0 Å². The third-order valence-corrected chi connectivity index (χ3v) is 3.55. The SMILES string of the molecule is CC(C)(C(=O)NCCn1cc(Br)cn1)n1cc([N+](=O)[O-])cn1. The van der Waals surface area contributed by atoms with Crippen LogP contribution in [0.4, 0.5) is 5.69 Å². The predicted octanol–water partition coefficient (Wildman–Crippen LogP) is 1.30. The minimum atomic E-state index is -1.03. The Hall–Kier alpha value is -2.23. The van der Waals surface area contributed by atoms with Gasteiger partial charge in [-0.15, -0.1) is 0 Å². The number of hydrogen-bond acceptors (Lipinski definition) is 5. The average Bonchev–Trinajstić information content (AvgIpc) is 3.08. The van der Waals surface area contributed by atoms with Crippen molar-refractivity contribution in [3.8, 4) is 0 Å². The molecule has 0 aliphatic rings. The van der Waals surface area contributed by atoms with Crippen LogP contribution in [-0.2, 0) is 16.9 Å². The van der Waals surface area contributed by atoms with Crippen LogP contribution in [0.3, 0.4) is 0 Å². The lowest BCUT2D eigenvalue weighted by atomic mass is 10.1. The van der Waals surface area contributed by atoms with Gasteiger partial charge in [-0.1, -0.05) is 0 Å². The molecule has 0 aromatic carbocycles. The minimum Gasteiger partial charge on any atom is -0.352 e. The number of aromatic nitrogens is 4. The number of nitrogens with one attached hydrogen (secondary N) is 1. The van der Waals surface area contributed by atoms with Crippen LogP contribution in [-0.4, -0.2) is 36.9 Å². The fourth-order valence-corrected chi connectivity index (χ4v) is 2.11. The van der Waals surface area contributed by atoms with Gasteiger partial charge in [0.15, 0.2) is 0 Å². The van der Waals surface area contributed by atoms with Crippen molar-refractivity contribution in [2.75, 3.05) is 6.54 Å². The molecule has 0 radical (unpaired) electrons. The Balaban J connectivity index is 1.95. The van der Waals surface area contributed by atoms with Gasteiger partial charge in [0.25, 0.3) is 0 Å². The van der Waals surface area contributed by atoms with Crippen molar-refractivity contribution < 1.29 is 9.72 Å². The van der Waals surface area contributed by atoms with Gasteiger partial charge in [-0.25, -0.2) is 0 Å². The molecule has 0 aliphatic carbocycles.